The molecule has 0 saturated carbocycles. The molecule has 0 bridgehead atoms. The Kier molecular flexibility index (Phi) is 2.97. The van der Waals surface area contributed by atoms with Gasteiger partial charge in [0.1, 0.15) is 5.82 Å². The van der Waals surface area contributed by atoms with Crippen LogP contribution in [0.25, 0.3) is 5.52 Å². The molecule has 2 aromatic rings. The van der Waals surface area contributed by atoms with E-state index in [9.17, 15) is 14.9 Å². The fourth-order valence-corrected chi connectivity index (χ4v) is 1.68. The van der Waals surface area contributed by atoms with E-state index in [1.807, 2.05) is 0 Å². The Hall–Kier alpha value is -2.44. The zero-order chi connectivity index (χ0) is 13.3. The molecule has 0 saturated heterocycles. The van der Waals surface area contributed by atoms with Gasteiger partial charge in [0, 0.05) is 6.07 Å². The molecule has 0 unspecified atom stereocenters. The number of carbonyl (C=O) groups excluding carboxylic acids is 1. The first-order valence-electron chi connectivity index (χ1n) is 5.34. The molecule has 2 rings (SSSR count). The van der Waals surface area contributed by atoms with Crippen LogP contribution in [0.4, 0.5) is 5.69 Å². The number of nitro groups is 1. The highest BCUT2D eigenvalue weighted by atomic mass is 16.6. The fourth-order valence-electron chi connectivity index (χ4n) is 1.68. The summed E-state index contributed by atoms with van der Waals surface area (Å²) in [5.74, 6) is -0.0336. The Balaban J connectivity index is 2.59. The number of hydrogen-bond acceptors (Lipinski definition) is 5. The van der Waals surface area contributed by atoms with E-state index in [1.54, 1.807) is 13.8 Å². The monoisotopic (exact) mass is 249 g/mol. The van der Waals surface area contributed by atoms with Crippen molar-refractivity contribution in [3.8, 4) is 0 Å². The summed E-state index contributed by atoms with van der Waals surface area (Å²) in [4.78, 5) is 25.9. The Morgan fingerprint density at radius 1 is 1.56 bits per heavy atom. The summed E-state index contributed by atoms with van der Waals surface area (Å²) in [6, 6.07) is 2.82. The normalized spacial score (nSPS) is 10.6. The molecule has 18 heavy (non-hydrogen) atoms. The second kappa shape index (κ2) is 4.44. The van der Waals surface area contributed by atoms with Crippen LogP contribution >= 0.6 is 0 Å². The Morgan fingerprint density at radius 3 is 2.89 bits per heavy atom. The molecule has 0 aliphatic carbocycles. The number of ether oxygens (including phenoxy) is 1. The Bertz CT molecular complexity index is 632. The highest BCUT2D eigenvalue weighted by Gasteiger charge is 2.18. The van der Waals surface area contributed by atoms with Crippen LogP contribution in [0.15, 0.2) is 18.3 Å². The van der Waals surface area contributed by atoms with E-state index in [0.717, 1.165) is 0 Å². The molecular weight excluding hydrogens is 238 g/mol. The summed E-state index contributed by atoms with van der Waals surface area (Å²) in [6.45, 7) is 3.62. The molecule has 94 valence electrons. The van der Waals surface area contributed by atoms with Gasteiger partial charge >= 0.3 is 5.97 Å². The van der Waals surface area contributed by atoms with Gasteiger partial charge in [0.25, 0.3) is 5.69 Å². The molecule has 0 aliphatic rings. The van der Waals surface area contributed by atoms with Crippen LogP contribution in [0.2, 0.25) is 0 Å². The van der Waals surface area contributed by atoms with Gasteiger partial charge in [-0.15, -0.1) is 0 Å². The van der Waals surface area contributed by atoms with Crippen molar-refractivity contribution in [1.82, 2.24) is 9.38 Å². The number of fused-ring (bicyclic) bond motifs is 1. The summed E-state index contributed by atoms with van der Waals surface area (Å²) in [5, 5.41) is 10.7. The zero-order valence-corrected chi connectivity index (χ0v) is 9.91. The number of aryl methyl sites for hydroxylation is 1. The van der Waals surface area contributed by atoms with Crippen molar-refractivity contribution in [1.29, 1.82) is 0 Å². The van der Waals surface area contributed by atoms with Gasteiger partial charge in [-0.25, -0.2) is 9.78 Å². The first-order chi connectivity index (χ1) is 8.54. The van der Waals surface area contributed by atoms with Crippen LogP contribution in [-0.4, -0.2) is 26.9 Å². The van der Waals surface area contributed by atoms with Crippen molar-refractivity contribution >= 4 is 17.2 Å². The van der Waals surface area contributed by atoms with Gasteiger partial charge in [0.15, 0.2) is 5.69 Å². The topological polar surface area (TPSA) is 86.7 Å². The highest BCUT2D eigenvalue weighted by Crippen LogP contribution is 2.19. The van der Waals surface area contributed by atoms with Crippen LogP contribution in [0.1, 0.15) is 23.2 Å². The molecule has 0 N–H and O–H groups in total. The number of carbonyl (C=O) groups is 1. The number of hydrogen-bond donors (Lipinski definition) is 0. The summed E-state index contributed by atoms with van der Waals surface area (Å²) in [7, 11) is 0. The van der Waals surface area contributed by atoms with E-state index in [-0.39, 0.29) is 18.0 Å². The Labute approximate surface area is 102 Å². The minimum absolute atomic E-state index is 0.0570. The van der Waals surface area contributed by atoms with Gasteiger partial charge in [-0.1, -0.05) is 0 Å². The van der Waals surface area contributed by atoms with Gasteiger partial charge in [-0.2, -0.15) is 0 Å². The maximum atomic E-state index is 11.7. The largest absolute Gasteiger partial charge is 0.461 e. The fraction of sp³-hybridized carbons (Fsp3) is 0.273. The van der Waals surface area contributed by atoms with Crippen molar-refractivity contribution in [2.24, 2.45) is 0 Å². The predicted molar refractivity (Wildman–Crippen MR) is 62.5 cm³/mol. The minimum Gasteiger partial charge on any atom is -0.461 e. The third-order valence-electron chi connectivity index (χ3n) is 2.48. The standard InChI is InChI=1S/C11H11N3O4/c1-3-18-11(15)10-9-5-4-8(14(16)17)6-13(9)7(2)12-10/h4-6H,3H2,1-2H3. The number of imidazole rings is 1. The van der Waals surface area contributed by atoms with Gasteiger partial charge in [0.2, 0.25) is 0 Å². The summed E-state index contributed by atoms with van der Waals surface area (Å²) < 4.78 is 6.38. The van der Waals surface area contributed by atoms with E-state index >= 15 is 0 Å². The van der Waals surface area contributed by atoms with Crippen molar-refractivity contribution < 1.29 is 14.5 Å². The Morgan fingerprint density at radius 2 is 2.28 bits per heavy atom. The molecule has 0 radical (unpaired) electrons. The van der Waals surface area contributed by atoms with E-state index < -0.39 is 10.9 Å². The van der Waals surface area contributed by atoms with Crippen LogP contribution < -0.4 is 0 Å². The number of aromatic nitrogens is 2. The molecule has 0 amide bonds. The number of esters is 1. The summed E-state index contributed by atoms with van der Waals surface area (Å²) in [6.07, 6.45) is 1.33. The predicted octanol–water partition coefficient (Wildman–Crippen LogP) is 1.73. The molecule has 2 heterocycles. The quantitative estimate of drug-likeness (QED) is 0.469. The lowest BCUT2D eigenvalue weighted by molar-refractivity contribution is -0.385. The summed E-state index contributed by atoms with van der Waals surface area (Å²) >= 11 is 0. The number of rotatable bonds is 3. The van der Waals surface area contributed by atoms with Gasteiger partial charge in [0.05, 0.1) is 23.2 Å². The molecule has 2 aromatic heterocycles. The summed E-state index contributed by atoms with van der Waals surface area (Å²) in [5.41, 5.74) is 0.610. The smallest absolute Gasteiger partial charge is 0.359 e. The van der Waals surface area contributed by atoms with Crippen LogP contribution in [0, 0.1) is 17.0 Å². The first kappa shape index (κ1) is 12.0. The third-order valence-corrected chi connectivity index (χ3v) is 2.48. The number of pyridine rings is 1. The van der Waals surface area contributed by atoms with E-state index in [2.05, 4.69) is 4.98 Å². The van der Waals surface area contributed by atoms with E-state index in [4.69, 9.17) is 4.74 Å². The molecule has 7 heteroatoms. The average molecular weight is 249 g/mol. The van der Waals surface area contributed by atoms with Crippen LogP contribution in [-0.2, 0) is 4.74 Å². The molecule has 0 fully saturated rings. The lowest BCUT2D eigenvalue weighted by Crippen LogP contribution is -2.05. The van der Waals surface area contributed by atoms with Gasteiger partial charge < -0.3 is 4.74 Å². The van der Waals surface area contributed by atoms with Gasteiger partial charge in [-0.3, -0.25) is 14.5 Å². The lowest BCUT2D eigenvalue weighted by Gasteiger charge is -1.99. The van der Waals surface area contributed by atoms with E-state index in [1.165, 1.54) is 22.7 Å². The molecule has 0 aliphatic heterocycles. The van der Waals surface area contributed by atoms with Crippen molar-refractivity contribution in [3.63, 3.8) is 0 Å². The molecule has 0 atom stereocenters. The van der Waals surface area contributed by atoms with Crippen LogP contribution in [0.5, 0.6) is 0 Å². The lowest BCUT2D eigenvalue weighted by atomic mass is 10.3. The molecule has 7 nitrogen and oxygen atoms in total. The second-order valence-electron chi connectivity index (χ2n) is 3.63. The number of nitrogens with zero attached hydrogens (tertiary/aromatic N) is 3. The average Bonchev–Trinajstić information content (AvgIpc) is 2.67. The SMILES string of the molecule is CCOC(=O)c1nc(C)n2cc([N+](=O)[O-])ccc12. The van der Waals surface area contributed by atoms with Crippen molar-refractivity contribution in [2.75, 3.05) is 6.61 Å². The third kappa shape index (κ3) is 1.90. The van der Waals surface area contributed by atoms with Crippen LogP contribution in [0.3, 0.4) is 0 Å². The zero-order valence-electron chi connectivity index (χ0n) is 9.91. The van der Waals surface area contributed by atoms with Gasteiger partial charge in [-0.05, 0) is 19.9 Å². The highest BCUT2D eigenvalue weighted by molar-refractivity contribution is 5.95. The minimum atomic E-state index is -0.531. The molecular formula is C11H11N3O4. The van der Waals surface area contributed by atoms with E-state index in [0.29, 0.717) is 11.3 Å². The second-order valence-corrected chi connectivity index (χ2v) is 3.63. The van der Waals surface area contributed by atoms with Crippen molar-refractivity contribution in [2.45, 2.75) is 13.8 Å². The molecule has 0 spiro atoms. The van der Waals surface area contributed by atoms with Crippen molar-refractivity contribution in [3.05, 3.63) is 40.0 Å². The maximum Gasteiger partial charge on any atom is 0.359 e. The molecule has 0 aromatic carbocycles. The first-order valence-corrected chi connectivity index (χ1v) is 5.34. The maximum absolute atomic E-state index is 11.7.